The lowest BCUT2D eigenvalue weighted by Crippen LogP contribution is -2.61. The first-order valence-corrected chi connectivity index (χ1v) is 17.2. The van der Waals surface area contributed by atoms with Gasteiger partial charge in [0.15, 0.2) is 0 Å². The van der Waals surface area contributed by atoms with Gasteiger partial charge in [0.2, 0.25) is 29.5 Å². The first-order chi connectivity index (χ1) is 25.2. The van der Waals surface area contributed by atoms with Crippen LogP contribution in [-0.4, -0.2) is 139 Å². The normalized spacial score (nSPS) is 21.1. The predicted molar refractivity (Wildman–Crippen MR) is 185 cm³/mol. The highest BCUT2D eigenvalue weighted by Crippen LogP contribution is 2.22. The lowest BCUT2D eigenvalue weighted by Gasteiger charge is -2.31. The highest BCUT2D eigenvalue weighted by atomic mass is 16.4. The number of carboxylic acid groups (broad SMARTS) is 1. The smallest absolute Gasteiger partial charge is 0.326 e. The number of nitrogens with one attached hydrogen (secondary N) is 5. The molecule has 2 aliphatic rings. The van der Waals surface area contributed by atoms with Crippen molar-refractivity contribution in [2.24, 2.45) is 0 Å². The molecule has 0 bridgehead atoms. The third kappa shape index (κ3) is 11.1. The molecule has 2 aliphatic heterocycles. The molecule has 5 amide bonds. The van der Waals surface area contributed by atoms with Gasteiger partial charge in [0.25, 0.3) is 0 Å². The Hall–Kier alpha value is -5.30. The molecule has 2 aromatic carbocycles. The van der Waals surface area contributed by atoms with Crippen LogP contribution in [0.3, 0.4) is 0 Å². The Morgan fingerprint density at radius 3 is 1.89 bits per heavy atom. The molecule has 0 saturated carbocycles. The van der Waals surface area contributed by atoms with E-state index in [1.165, 1.54) is 55.5 Å². The van der Waals surface area contributed by atoms with Gasteiger partial charge >= 0.3 is 5.97 Å². The molecule has 2 aromatic rings. The van der Waals surface area contributed by atoms with Gasteiger partial charge in [0.05, 0.1) is 24.9 Å². The fourth-order valence-corrected chi connectivity index (χ4v) is 6.20. The van der Waals surface area contributed by atoms with Crippen LogP contribution < -0.4 is 26.6 Å². The average Bonchev–Trinajstić information content (AvgIpc) is 3.80. The molecule has 0 aliphatic carbocycles. The van der Waals surface area contributed by atoms with E-state index in [2.05, 4.69) is 26.6 Å². The van der Waals surface area contributed by atoms with Crippen LogP contribution in [0.5, 0.6) is 11.5 Å². The minimum absolute atomic E-state index is 0.0460. The fraction of sp³-hybridized carbons (Fsp3) is 0.486. The number of aromatic hydroxyl groups is 2. The molecular formula is C35H46N6O12. The minimum atomic E-state index is -1.69. The topological polar surface area (TPSA) is 287 Å². The van der Waals surface area contributed by atoms with Gasteiger partial charge in [-0.1, -0.05) is 24.3 Å². The number of hydrogen-bond donors (Lipinski definition) is 11. The number of nitrogens with zero attached hydrogens (tertiary/aromatic N) is 1. The molecule has 0 unspecified atom stereocenters. The predicted octanol–water partition coefficient (Wildman–Crippen LogP) is -3.01. The summed E-state index contributed by atoms with van der Waals surface area (Å²) in [5.41, 5.74) is 0.947. The molecule has 2 heterocycles. The third-order valence-corrected chi connectivity index (χ3v) is 9.10. The summed E-state index contributed by atoms with van der Waals surface area (Å²) in [4.78, 5) is 80.1. The molecule has 288 valence electrons. The summed E-state index contributed by atoms with van der Waals surface area (Å²) >= 11 is 0. The zero-order valence-corrected chi connectivity index (χ0v) is 29.0. The highest BCUT2D eigenvalue weighted by Gasteiger charge is 2.43. The standard InChI is InChI=1S/C35H46N6O12/c1-18(43)29(33(50)38-26(35(52)53)14-20-6-10-22(45)11-7-20)40-32(49)28-15-23(46)16-41(28)34(51)25(13-19-4-8-21(44)9-5-19)37-31(48)27(17-42)39-30(47)24-3-2-12-36-24/h4-11,18,23-29,36,42-46H,2-3,12-17H2,1H3,(H,37,48)(H,38,50)(H,39,47)(H,40,49)(H,52,53)/t18-,23-,24+,25+,26+,27+,28+,29+/m1/s1. The molecule has 4 rings (SSSR count). The van der Waals surface area contributed by atoms with Crippen LogP contribution in [0.25, 0.3) is 0 Å². The van der Waals surface area contributed by atoms with E-state index in [1.807, 2.05) is 0 Å². The number of phenols is 2. The van der Waals surface area contributed by atoms with Crippen molar-refractivity contribution in [1.29, 1.82) is 0 Å². The molecule has 0 spiro atoms. The maximum Gasteiger partial charge on any atom is 0.326 e. The number of phenolic OH excluding ortho intramolecular Hbond substituents is 2. The molecule has 8 atom stereocenters. The van der Waals surface area contributed by atoms with Gasteiger partial charge in [-0.2, -0.15) is 0 Å². The number of likely N-dealkylation sites (tertiary alicyclic amines) is 1. The van der Waals surface area contributed by atoms with E-state index in [0.717, 1.165) is 11.3 Å². The van der Waals surface area contributed by atoms with E-state index in [1.54, 1.807) is 0 Å². The lowest BCUT2D eigenvalue weighted by molar-refractivity contribution is -0.144. The summed E-state index contributed by atoms with van der Waals surface area (Å²) in [6, 6.07) is 3.37. The van der Waals surface area contributed by atoms with Crippen molar-refractivity contribution >= 4 is 35.5 Å². The van der Waals surface area contributed by atoms with E-state index in [-0.39, 0.29) is 37.3 Å². The van der Waals surface area contributed by atoms with Gasteiger partial charge in [0.1, 0.15) is 41.7 Å². The van der Waals surface area contributed by atoms with E-state index < -0.39 is 90.6 Å². The van der Waals surface area contributed by atoms with E-state index in [0.29, 0.717) is 24.1 Å². The number of carbonyl (C=O) groups is 6. The largest absolute Gasteiger partial charge is 0.508 e. The molecule has 2 saturated heterocycles. The summed E-state index contributed by atoms with van der Waals surface area (Å²) in [5, 5.41) is 72.7. The van der Waals surface area contributed by atoms with Gasteiger partial charge in [0, 0.05) is 25.8 Å². The van der Waals surface area contributed by atoms with E-state index in [9.17, 15) is 59.4 Å². The van der Waals surface area contributed by atoms with Crippen LogP contribution in [-0.2, 0) is 41.6 Å². The number of hydrogen-bond acceptors (Lipinski definition) is 12. The van der Waals surface area contributed by atoms with Crippen molar-refractivity contribution in [3.63, 3.8) is 0 Å². The number of rotatable bonds is 16. The fourth-order valence-electron chi connectivity index (χ4n) is 6.20. The number of benzene rings is 2. The van der Waals surface area contributed by atoms with Crippen LogP contribution in [0.1, 0.15) is 37.3 Å². The first-order valence-electron chi connectivity index (χ1n) is 17.2. The second-order valence-electron chi connectivity index (χ2n) is 13.2. The molecule has 11 N–H and O–H groups in total. The zero-order chi connectivity index (χ0) is 38.8. The van der Waals surface area contributed by atoms with Crippen LogP contribution >= 0.6 is 0 Å². The third-order valence-electron chi connectivity index (χ3n) is 9.10. The van der Waals surface area contributed by atoms with E-state index in [4.69, 9.17) is 0 Å². The average molecular weight is 743 g/mol. The SMILES string of the molecule is C[C@@H](O)[C@H](NC(=O)[C@@H]1C[C@@H](O)CN1C(=O)[C@H](Cc1ccc(O)cc1)NC(=O)[C@H](CO)NC(=O)[C@@H]1CCCN1)C(=O)N[C@@H](Cc1ccc(O)cc1)C(=O)O. The highest BCUT2D eigenvalue weighted by molar-refractivity contribution is 5.97. The molecule has 18 nitrogen and oxygen atoms in total. The number of aliphatic carboxylic acids is 1. The number of carbonyl (C=O) groups excluding carboxylic acids is 5. The zero-order valence-electron chi connectivity index (χ0n) is 29.0. The molecule has 18 heteroatoms. The Morgan fingerprint density at radius 1 is 0.811 bits per heavy atom. The van der Waals surface area contributed by atoms with E-state index >= 15 is 0 Å². The lowest BCUT2D eigenvalue weighted by atomic mass is 10.0. The van der Waals surface area contributed by atoms with Crippen molar-refractivity contribution in [1.82, 2.24) is 31.5 Å². The number of aliphatic hydroxyl groups is 3. The van der Waals surface area contributed by atoms with Crippen molar-refractivity contribution in [3.8, 4) is 11.5 Å². The maximum absolute atomic E-state index is 14.1. The van der Waals surface area contributed by atoms with Crippen LogP contribution in [0.2, 0.25) is 0 Å². The van der Waals surface area contributed by atoms with Crippen molar-refractivity contribution in [2.75, 3.05) is 19.7 Å². The molecule has 2 fully saturated rings. The molecule has 0 aromatic heterocycles. The monoisotopic (exact) mass is 742 g/mol. The van der Waals surface area contributed by atoms with Gasteiger partial charge < -0.3 is 62.1 Å². The molecule has 0 radical (unpaired) electrons. The van der Waals surface area contributed by atoms with Gasteiger partial charge in [-0.15, -0.1) is 0 Å². The number of β-amino-alcohol motifs (C(OH)–C–C–N with tert-alkyl or cyclic N) is 1. The van der Waals surface area contributed by atoms with Crippen molar-refractivity contribution < 1.29 is 59.4 Å². The summed E-state index contributed by atoms with van der Waals surface area (Å²) < 4.78 is 0. The quantitative estimate of drug-likeness (QED) is 0.0819. The first kappa shape index (κ1) is 40.5. The van der Waals surface area contributed by atoms with Crippen molar-refractivity contribution in [2.45, 2.75) is 87.5 Å². The minimum Gasteiger partial charge on any atom is -0.508 e. The Bertz CT molecular complexity index is 1620. The number of amides is 5. The number of carboxylic acids is 1. The Balaban J connectivity index is 1.51. The summed E-state index contributed by atoms with van der Waals surface area (Å²) in [6.07, 6.45) is -2.10. The Labute approximate surface area is 304 Å². The Morgan fingerprint density at radius 2 is 1.38 bits per heavy atom. The summed E-state index contributed by atoms with van der Waals surface area (Å²) in [5.74, 6) is -5.75. The van der Waals surface area contributed by atoms with Gasteiger partial charge in [-0.25, -0.2) is 4.79 Å². The Kier molecular flexibility index (Phi) is 14.1. The number of aliphatic hydroxyl groups excluding tert-OH is 3. The van der Waals surface area contributed by atoms with Gasteiger partial charge in [-0.05, 0) is 61.7 Å². The second-order valence-corrected chi connectivity index (χ2v) is 13.2. The molecule has 53 heavy (non-hydrogen) atoms. The summed E-state index contributed by atoms with van der Waals surface area (Å²) in [6.45, 7) is 0.652. The van der Waals surface area contributed by atoms with Crippen LogP contribution in [0.4, 0.5) is 0 Å². The summed E-state index contributed by atoms with van der Waals surface area (Å²) in [7, 11) is 0. The second kappa shape index (κ2) is 18.5. The van der Waals surface area contributed by atoms with Crippen molar-refractivity contribution in [3.05, 3.63) is 59.7 Å². The molecular weight excluding hydrogens is 696 g/mol. The maximum atomic E-state index is 14.1. The van der Waals surface area contributed by atoms with Crippen LogP contribution in [0.15, 0.2) is 48.5 Å². The van der Waals surface area contributed by atoms with Crippen LogP contribution in [0, 0.1) is 0 Å². The van der Waals surface area contributed by atoms with Gasteiger partial charge in [-0.3, -0.25) is 24.0 Å².